The molecule has 0 atom stereocenters. The Kier molecular flexibility index (Phi) is 5.35. The van der Waals surface area contributed by atoms with Gasteiger partial charge in [-0.3, -0.25) is 0 Å². The fourth-order valence-corrected chi connectivity index (χ4v) is 3.03. The molecule has 0 unspecified atom stereocenters. The molecule has 0 bridgehead atoms. The molecule has 0 amide bonds. The lowest BCUT2D eigenvalue weighted by Crippen LogP contribution is -2.32. The van der Waals surface area contributed by atoms with Crippen LogP contribution in [0.3, 0.4) is 0 Å². The molecule has 0 aliphatic carbocycles. The minimum Gasteiger partial charge on any atom is -0.326 e. The lowest BCUT2D eigenvalue weighted by molar-refractivity contribution is 0.445. The number of hydrogen-bond donors (Lipinski definition) is 1. The maximum atomic E-state index is 12.3. The summed E-state index contributed by atoms with van der Waals surface area (Å²) >= 11 is 0. The van der Waals surface area contributed by atoms with Crippen LogP contribution >= 0.6 is 0 Å². The Morgan fingerprint density at radius 2 is 1.94 bits per heavy atom. The number of rotatable bonds is 6. The standard InChI is InChI=1S/C13H18N2O2S/c1-3-9-15(10-4-2)18(16,17)13-7-5-12(11-14)6-8-13/h1,5-8H,4,9-11,14H2,2H3. The molecule has 1 aromatic carbocycles. The van der Waals surface area contributed by atoms with Crippen molar-refractivity contribution in [3.8, 4) is 12.3 Å². The van der Waals surface area contributed by atoms with Crippen molar-refractivity contribution in [2.45, 2.75) is 24.8 Å². The zero-order valence-corrected chi connectivity index (χ0v) is 11.3. The molecule has 0 radical (unpaired) electrons. The van der Waals surface area contributed by atoms with Gasteiger partial charge in [0, 0.05) is 13.1 Å². The second-order valence-corrected chi connectivity index (χ2v) is 5.83. The molecule has 0 spiro atoms. The molecule has 1 aromatic rings. The Hall–Kier alpha value is -1.35. The zero-order valence-electron chi connectivity index (χ0n) is 10.5. The number of hydrogen-bond acceptors (Lipinski definition) is 3. The predicted molar refractivity (Wildman–Crippen MR) is 72.2 cm³/mol. The molecule has 4 nitrogen and oxygen atoms in total. The number of nitrogens with two attached hydrogens (primary N) is 1. The normalized spacial score (nSPS) is 11.4. The summed E-state index contributed by atoms with van der Waals surface area (Å²) in [4.78, 5) is 0.253. The highest BCUT2D eigenvalue weighted by atomic mass is 32.2. The Morgan fingerprint density at radius 1 is 1.33 bits per heavy atom. The molecule has 18 heavy (non-hydrogen) atoms. The smallest absolute Gasteiger partial charge is 0.243 e. The van der Waals surface area contributed by atoms with Crippen molar-refractivity contribution >= 4 is 10.0 Å². The Balaban J connectivity index is 3.06. The summed E-state index contributed by atoms with van der Waals surface area (Å²) in [5.41, 5.74) is 6.37. The SMILES string of the molecule is C#CCN(CCC)S(=O)(=O)c1ccc(CN)cc1. The third-order valence-corrected chi connectivity index (χ3v) is 4.40. The predicted octanol–water partition coefficient (Wildman–Crippen LogP) is 1.18. The van der Waals surface area contributed by atoms with Crippen LogP contribution in [0.2, 0.25) is 0 Å². The van der Waals surface area contributed by atoms with Crippen LogP contribution in [0.4, 0.5) is 0 Å². The van der Waals surface area contributed by atoms with Crippen LogP contribution in [0.15, 0.2) is 29.2 Å². The van der Waals surface area contributed by atoms with E-state index in [1.54, 1.807) is 24.3 Å². The largest absolute Gasteiger partial charge is 0.326 e. The van der Waals surface area contributed by atoms with Gasteiger partial charge in [-0.25, -0.2) is 8.42 Å². The van der Waals surface area contributed by atoms with E-state index in [0.29, 0.717) is 13.1 Å². The van der Waals surface area contributed by atoms with Gasteiger partial charge in [0.25, 0.3) is 0 Å². The molecule has 5 heteroatoms. The molecule has 1 rings (SSSR count). The molecule has 0 aliphatic rings. The fourth-order valence-electron chi connectivity index (χ4n) is 1.58. The minimum absolute atomic E-state index is 0.0921. The van der Waals surface area contributed by atoms with Crippen LogP contribution in [0.25, 0.3) is 0 Å². The van der Waals surface area contributed by atoms with E-state index in [1.165, 1.54) is 4.31 Å². The van der Waals surface area contributed by atoms with Gasteiger partial charge in [0.1, 0.15) is 0 Å². The summed E-state index contributed by atoms with van der Waals surface area (Å²) in [6.45, 7) is 2.82. The number of benzene rings is 1. The van der Waals surface area contributed by atoms with Crippen molar-refractivity contribution in [1.82, 2.24) is 4.31 Å². The molecule has 0 saturated carbocycles. The second kappa shape index (κ2) is 6.55. The van der Waals surface area contributed by atoms with E-state index in [1.807, 2.05) is 6.92 Å². The first-order valence-electron chi connectivity index (χ1n) is 5.78. The highest BCUT2D eigenvalue weighted by molar-refractivity contribution is 7.89. The van der Waals surface area contributed by atoms with E-state index in [4.69, 9.17) is 12.2 Å². The summed E-state index contributed by atoms with van der Waals surface area (Å²) in [6.07, 6.45) is 5.93. The maximum Gasteiger partial charge on any atom is 0.243 e. The van der Waals surface area contributed by atoms with Crippen LogP contribution in [0.5, 0.6) is 0 Å². The lowest BCUT2D eigenvalue weighted by Gasteiger charge is -2.19. The van der Waals surface area contributed by atoms with Gasteiger partial charge in [0.2, 0.25) is 10.0 Å². The average molecular weight is 266 g/mol. The van der Waals surface area contributed by atoms with Crippen LogP contribution in [0, 0.1) is 12.3 Å². The van der Waals surface area contributed by atoms with E-state index >= 15 is 0 Å². The summed E-state index contributed by atoms with van der Waals surface area (Å²) in [5.74, 6) is 2.38. The van der Waals surface area contributed by atoms with Crippen molar-refractivity contribution in [2.24, 2.45) is 5.73 Å². The van der Waals surface area contributed by atoms with Crippen molar-refractivity contribution in [3.63, 3.8) is 0 Å². The van der Waals surface area contributed by atoms with Gasteiger partial charge in [0.05, 0.1) is 11.4 Å². The number of sulfonamides is 1. The van der Waals surface area contributed by atoms with Crippen molar-refractivity contribution in [3.05, 3.63) is 29.8 Å². The third-order valence-electron chi connectivity index (χ3n) is 2.54. The summed E-state index contributed by atoms with van der Waals surface area (Å²) in [6, 6.07) is 6.56. The van der Waals surface area contributed by atoms with Crippen molar-refractivity contribution in [2.75, 3.05) is 13.1 Å². The van der Waals surface area contributed by atoms with E-state index in [9.17, 15) is 8.42 Å². The topological polar surface area (TPSA) is 63.4 Å². The molecule has 0 saturated heterocycles. The van der Waals surface area contributed by atoms with Gasteiger partial charge in [-0.15, -0.1) is 6.42 Å². The average Bonchev–Trinajstić information content (AvgIpc) is 2.38. The number of terminal acetylenes is 1. The summed E-state index contributed by atoms with van der Waals surface area (Å²) in [7, 11) is -3.50. The Bertz CT molecular complexity index is 515. The highest BCUT2D eigenvalue weighted by Crippen LogP contribution is 2.16. The molecule has 2 N–H and O–H groups in total. The lowest BCUT2D eigenvalue weighted by atomic mass is 10.2. The fraction of sp³-hybridized carbons (Fsp3) is 0.385. The third kappa shape index (κ3) is 3.33. The van der Waals surface area contributed by atoms with Crippen molar-refractivity contribution < 1.29 is 8.42 Å². The van der Waals surface area contributed by atoms with E-state index in [0.717, 1.165) is 12.0 Å². The van der Waals surface area contributed by atoms with Crippen molar-refractivity contribution in [1.29, 1.82) is 0 Å². The van der Waals surface area contributed by atoms with E-state index < -0.39 is 10.0 Å². The first-order chi connectivity index (χ1) is 8.56. The van der Waals surface area contributed by atoms with Gasteiger partial charge >= 0.3 is 0 Å². The molecule has 98 valence electrons. The first kappa shape index (κ1) is 14.7. The summed E-state index contributed by atoms with van der Waals surface area (Å²) in [5, 5.41) is 0. The van der Waals surface area contributed by atoms with Crippen LogP contribution < -0.4 is 5.73 Å². The number of nitrogens with zero attached hydrogens (tertiary/aromatic N) is 1. The Labute approximate surface area is 109 Å². The molecule has 0 heterocycles. The monoisotopic (exact) mass is 266 g/mol. The molecular weight excluding hydrogens is 248 g/mol. The maximum absolute atomic E-state index is 12.3. The molecule has 0 fully saturated rings. The van der Waals surface area contributed by atoms with E-state index in [-0.39, 0.29) is 11.4 Å². The minimum atomic E-state index is -3.50. The molecular formula is C13H18N2O2S. The van der Waals surface area contributed by atoms with Crippen LogP contribution in [0.1, 0.15) is 18.9 Å². The van der Waals surface area contributed by atoms with Gasteiger partial charge < -0.3 is 5.73 Å². The van der Waals surface area contributed by atoms with Gasteiger partial charge in [-0.05, 0) is 24.1 Å². The molecule has 0 aromatic heterocycles. The Morgan fingerprint density at radius 3 is 2.39 bits per heavy atom. The van der Waals surface area contributed by atoms with E-state index in [2.05, 4.69) is 5.92 Å². The quantitative estimate of drug-likeness (QED) is 0.786. The summed E-state index contributed by atoms with van der Waals surface area (Å²) < 4.78 is 25.9. The zero-order chi connectivity index (χ0) is 13.6. The highest BCUT2D eigenvalue weighted by Gasteiger charge is 2.22. The second-order valence-electron chi connectivity index (χ2n) is 3.89. The van der Waals surface area contributed by atoms with Gasteiger partial charge in [-0.2, -0.15) is 4.31 Å². The van der Waals surface area contributed by atoms with Gasteiger partial charge in [-0.1, -0.05) is 25.0 Å². The van der Waals surface area contributed by atoms with Crippen LogP contribution in [-0.2, 0) is 16.6 Å². The molecule has 0 aliphatic heterocycles. The van der Waals surface area contributed by atoms with Crippen LogP contribution in [-0.4, -0.2) is 25.8 Å². The van der Waals surface area contributed by atoms with Gasteiger partial charge in [0.15, 0.2) is 0 Å². The first-order valence-corrected chi connectivity index (χ1v) is 7.23.